The SMILES string of the molecule is CCNCCCNC(=O)C1CCC(=O)NC1. The molecule has 1 fully saturated rings. The molecule has 1 atom stereocenters. The van der Waals surface area contributed by atoms with Crippen LogP contribution in [-0.2, 0) is 9.59 Å². The Morgan fingerprint density at radius 2 is 2.31 bits per heavy atom. The van der Waals surface area contributed by atoms with Crippen molar-refractivity contribution in [3.63, 3.8) is 0 Å². The fraction of sp³-hybridized carbons (Fsp3) is 0.818. The van der Waals surface area contributed by atoms with Gasteiger partial charge in [0.1, 0.15) is 0 Å². The second-order valence-corrected chi connectivity index (χ2v) is 4.04. The second-order valence-electron chi connectivity index (χ2n) is 4.04. The van der Waals surface area contributed by atoms with Crippen LogP contribution in [0.5, 0.6) is 0 Å². The summed E-state index contributed by atoms with van der Waals surface area (Å²) in [5.74, 6) is 0.0736. The van der Waals surface area contributed by atoms with Crippen molar-refractivity contribution < 1.29 is 9.59 Å². The zero-order valence-corrected chi connectivity index (χ0v) is 9.84. The molecule has 1 rings (SSSR count). The van der Waals surface area contributed by atoms with E-state index in [1.807, 2.05) is 0 Å². The minimum Gasteiger partial charge on any atom is -0.356 e. The molecule has 0 saturated carbocycles. The molecule has 1 aliphatic heterocycles. The maximum absolute atomic E-state index is 11.7. The average molecular weight is 227 g/mol. The smallest absolute Gasteiger partial charge is 0.224 e. The lowest BCUT2D eigenvalue weighted by Gasteiger charge is -2.21. The average Bonchev–Trinajstić information content (AvgIpc) is 2.29. The lowest BCUT2D eigenvalue weighted by atomic mass is 9.98. The largest absolute Gasteiger partial charge is 0.356 e. The Morgan fingerprint density at radius 3 is 2.94 bits per heavy atom. The van der Waals surface area contributed by atoms with Crippen LogP contribution in [0, 0.1) is 5.92 Å². The van der Waals surface area contributed by atoms with Gasteiger partial charge in [0, 0.05) is 19.5 Å². The van der Waals surface area contributed by atoms with Gasteiger partial charge in [0.05, 0.1) is 5.92 Å². The highest BCUT2D eigenvalue weighted by atomic mass is 16.2. The normalized spacial score (nSPS) is 20.3. The van der Waals surface area contributed by atoms with Crippen molar-refractivity contribution in [1.29, 1.82) is 0 Å². The van der Waals surface area contributed by atoms with Gasteiger partial charge in [0.15, 0.2) is 0 Å². The van der Waals surface area contributed by atoms with Crippen molar-refractivity contribution in [3.05, 3.63) is 0 Å². The number of carbonyl (C=O) groups is 2. The number of amides is 2. The van der Waals surface area contributed by atoms with Crippen LogP contribution in [0.25, 0.3) is 0 Å². The molecule has 1 saturated heterocycles. The summed E-state index contributed by atoms with van der Waals surface area (Å²) in [5.41, 5.74) is 0. The van der Waals surface area contributed by atoms with Crippen LogP contribution in [0.4, 0.5) is 0 Å². The van der Waals surface area contributed by atoms with Gasteiger partial charge in [0.25, 0.3) is 0 Å². The number of piperidine rings is 1. The van der Waals surface area contributed by atoms with E-state index in [4.69, 9.17) is 0 Å². The summed E-state index contributed by atoms with van der Waals surface area (Å²) in [4.78, 5) is 22.6. The van der Waals surface area contributed by atoms with E-state index in [1.54, 1.807) is 0 Å². The van der Waals surface area contributed by atoms with E-state index in [9.17, 15) is 9.59 Å². The van der Waals surface area contributed by atoms with Crippen molar-refractivity contribution in [1.82, 2.24) is 16.0 Å². The number of hydrogen-bond donors (Lipinski definition) is 3. The van der Waals surface area contributed by atoms with Gasteiger partial charge in [0.2, 0.25) is 11.8 Å². The molecular formula is C11H21N3O2. The van der Waals surface area contributed by atoms with Crippen molar-refractivity contribution in [2.45, 2.75) is 26.2 Å². The van der Waals surface area contributed by atoms with E-state index >= 15 is 0 Å². The summed E-state index contributed by atoms with van der Waals surface area (Å²) in [6.45, 7) is 5.14. The first-order valence-corrected chi connectivity index (χ1v) is 5.99. The van der Waals surface area contributed by atoms with Crippen molar-refractivity contribution in [3.8, 4) is 0 Å². The van der Waals surface area contributed by atoms with Crippen LogP contribution in [0.1, 0.15) is 26.2 Å². The highest BCUT2D eigenvalue weighted by Gasteiger charge is 2.23. The molecule has 1 unspecified atom stereocenters. The molecule has 0 aromatic rings. The number of nitrogens with one attached hydrogen (secondary N) is 3. The fourth-order valence-corrected chi connectivity index (χ4v) is 1.70. The minimum atomic E-state index is -0.0446. The predicted octanol–water partition coefficient (Wildman–Crippen LogP) is -0.372. The molecule has 5 nitrogen and oxygen atoms in total. The van der Waals surface area contributed by atoms with E-state index in [2.05, 4.69) is 22.9 Å². The summed E-state index contributed by atoms with van der Waals surface area (Å²) >= 11 is 0. The molecule has 3 N–H and O–H groups in total. The van der Waals surface area contributed by atoms with Gasteiger partial charge in [-0.15, -0.1) is 0 Å². The number of hydrogen-bond acceptors (Lipinski definition) is 3. The van der Waals surface area contributed by atoms with Crippen LogP contribution < -0.4 is 16.0 Å². The molecule has 1 aliphatic rings. The molecule has 92 valence electrons. The fourth-order valence-electron chi connectivity index (χ4n) is 1.70. The van der Waals surface area contributed by atoms with Crippen LogP contribution >= 0.6 is 0 Å². The molecule has 1 heterocycles. The Balaban J connectivity index is 2.08. The molecular weight excluding hydrogens is 206 g/mol. The van der Waals surface area contributed by atoms with Gasteiger partial charge in [-0.3, -0.25) is 9.59 Å². The van der Waals surface area contributed by atoms with E-state index in [-0.39, 0.29) is 17.7 Å². The first-order valence-electron chi connectivity index (χ1n) is 5.99. The first-order chi connectivity index (χ1) is 7.74. The van der Waals surface area contributed by atoms with Crippen molar-refractivity contribution >= 4 is 11.8 Å². The van der Waals surface area contributed by atoms with Crippen LogP contribution in [0.3, 0.4) is 0 Å². The van der Waals surface area contributed by atoms with Gasteiger partial charge in [-0.1, -0.05) is 6.92 Å². The number of carbonyl (C=O) groups excluding carboxylic acids is 2. The molecule has 0 aromatic carbocycles. The summed E-state index contributed by atoms with van der Waals surface area (Å²) in [5, 5.41) is 8.81. The molecule has 5 heteroatoms. The lowest BCUT2D eigenvalue weighted by molar-refractivity contribution is -0.128. The molecule has 0 aromatic heterocycles. The quantitative estimate of drug-likeness (QED) is 0.542. The molecule has 0 radical (unpaired) electrons. The number of rotatable bonds is 6. The van der Waals surface area contributed by atoms with Crippen LogP contribution in [0.2, 0.25) is 0 Å². The van der Waals surface area contributed by atoms with Crippen molar-refractivity contribution in [2.24, 2.45) is 5.92 Å². The second kappa shape index (κ2) is 7.22. The van der Waals surface area contributed by atoms with Gasteiger partial charge in [-0.05, 0) is 25.9 Å². The third-order valence-electron chi connectivity index (χ3n) is 2.72. The summed E-state index contributed by atoms with van der Waals surface area (Å²) in [7, 11) is 0. The molecule has 2 amide bonds. The predicted molar refractivity (Wildman–Crippen MR) is 61.9 cm³/mol. The third-order valence-corrected chi connectivity index (χ3v) is 2.72. The summed E-state index contributed by atoms with van der Waals surface area (Å²) in [6.07, 6.45) is 2.08. The Hall–Kier alpha value is -1.10. The molecule has 16 heavy (non-hydrogen) atoms. The van der Waals surface area contributed by atoms with Gasteiger partial charge in [-0.2, -0.15) is 0 Å². The summed E-state index contributed by atoms with van der Waals surface area (Å²) in [6, 6.07) is 0. The van der Waals surface area contributed by atoms with E-state index in [0.717, 1.165) is 19.5 Å². The summed E-state index contributed by atoms with van der Waals surface area (Å²) < 4.78 is 0. The zero-order chi connectivity index (χ0) is 11.8. The lowest BCUT2D eigenvalue weighted by Crippen LogP contribution is -2.43. The van der Waals surface area contributed by atoms with Gasteiger partial charge >= 0.3 is 0 Å². The Labute approximate surface area is 96.4 Å². The maximum Gasteiger partial charge on any atom is 0.224 e. The molecule has 0 aliphatic carbocycles. The Bertz CT molecular complexity index is 233. The van der Waals surface area contributed by atoms with Gasteiger partial charge in [-0.25, -0.2) is 0 Å². The zero-order valence-electron chi connectivity index (χ0n) is 9.84. The van der Waals surface area contributed by atoms with Gasteiger partial charge < -0.3 is 16.0 Å². The van der Waals surface area contributed by atoms with E-state index in [1.165, 1.54) is 0 Å². The molecule has 0 spiro atoms. The highest BCUT2D eigenvalue weighted by molar-refractivity contribution is 5.83. The van der Waals surface area contributed by atoms with E-state index in [0.29, 0.717) is 25.9 Å². The Morgan fingerprint density at radius 1 is 1.50 bits per heavy atom. The van der Waals surface area contributed by atoms with Crippen LogP contribution in [-0.4, -0.2) is 38.0 Å². The molecule has 0 bridgehead atoms. The van der Waals surface area contributed by atoms with Crippen LogP contribution in [0.15, 0.2) is 0 Å². The third kappa shape index (κ3) is 4.61. The topological polar surface area (TPSA) is 70.2 Å². The highest BCUT2D eigenvalue weighted by Crippen LogP contribution is 2.10. The Kier molecular flexibility index (Phi) is 5.85. The standard InChI is InChI=1S/C11H21N3O2/c1-2-12-6-3-7-13-11(16)9-4-5-10(15)14-8-9/h9,12H,2-8H2,1H3,(H,13,16)(H,14,15). The first kappa shape index (κ1) is 13.0. The maximum atomic E-state index is 11.7. The minimum absolute atomic E-state index is 0.0446. The van der Waals surface area contributed by atoms with Crippen molar-refractivity contribution in [2.75, 3.05) is 26.2 Å². The monoisotopic (exact) mass is 227 g/mol. The van der Waals surface area contributed by atoms with E-state index < -0.39 is 0 Å².